The van der Waals surface area contributed by atoms with Gasteiger partial charge in [0, 0.05) is 28.1 Å². The fraction of sp³-hybridized carbons (Fsp3) is 0.308. The molecule has 0 radical (unpaired) electrons. The summed E-state index contributed by atoms with van der Waals surface area (Å²) >= 11 is 5.20. The second-order valence-corrected chi connectivity index (χ2v) is 5.97. The number of halogens is 1. The molecule has 0 amide bonds. The molecule has 2 aromatic heterocycles. The Morgan fingerprint density at radius 3 is 2.82 bits per heavy atom. The quantitative estimate of drug-likeness (QED) is 0.845. The molecule has 0 spiro atoms. The predicted octanol–water partition coefficient (Wildman–Crippen LogP) is 4.10. The number of hydrogen-bond donors (Lipinski definition) is 0. The summed E-state index contributed by atoms with van der Waals surface area (Å²) in [4.78, 5) is 8.10. The molecule has 1 unspecified atom stereocenters. The van der Waals surface area contributed by atoms with Gasteiger partial charge in [0.25, 0.3) is 0 Å². The molecule has 0 aliphatic carbocycles. The van der Waals surface area contributed by atoms with Gasteiger partial charge in [-0.1, -0.05) is 6.07 Å². The Morgan fingerprint density at radius 2 is 2.24 bits per heavy atom. The number of thiophene rings is 1. The first-order valence-electron chi connectivity index (χ1n) is 5.51. The molecular weight excluding hydrogens is 296 g/mol. The first-order chi connectivity index (χ1) is 8.16. The second kappa shape index (κ2) is 5.76. The van der Waals surface area contributed by atoms with E-state index in [4.69, 9.17) is 0 Å². The van der Waals surface area contributed by atoms with Gasteiger partial charge in [0.1, 0.15) is 0 Å². The lowest BCUT2D eigenvalue weighted by Gasteiger charge is -2.23. The number of nitrogens with zero attached hydrogens (tertiary/aromatic N) is 2. The lowest BCUT2D eigenvalue weighted by Crippen LogP contribution is -2.21. The van der Waals surface area contributed by atoms with Gasteiger partial charge in [-0.15, -0.1) is 11.3 Å². The highest BCUT2D eigenvalue weighted by molar-refractivity contribution is 9.10. The topological polar surface area (TPSA) is 16.1 Å². The van der Waals surface area contributed by atoms with Crippen molar-refractivity contribution in [2.45, 2.75) is 19.5 Å². The Labute approximate surface area is 114 Å². The molecule has 0 saturated heterocycles. The highest BCUT2D eigenvalue weighted by Gasteiger charge is 2.13. The first kappa shape index (κ1) is 12.7. The van der Waals surface area contributed by atoms with E-state index in [-0.39, 0.29) is 0 Å². The molecule has 90 valence electrons. The standard InChI is InChI=1S/C13H15BrN2S/c1-10(13-4-3-7-17-13)16(2)9-12-6-5-11(14)8-15-12/h3-8,10H,9H2,1-2H3. The molecule has 2 rings (SSSR count). The molecule has 4 heteroatoms. The normalized spacial score (nSPS) is 12.9. The fourth-order valence-electron chi connectivity index (χ4n) is 1.64. The van der Waals surface area contributed by atoms with Gasteiger partial charge in [0.15, 0.2) is 0 Å². The summed E-state index contributed by atoms with van der Waals surface area (Å²) in [5, 5.41) is 2.12. The van der Waals surface area contributed by atoms with E-state index in [0.717, 1.165) is 16.7 Å². The van der Waals surface area contributed by atoms with Crippen molar-refractivity contribution in [3.05, 3.63) is 50.9 Å². The Morgan fingerprint density at radius 1 is 1.41 bits per heavy atom. The van der Waals surface area contributed by atoms with Gasteiger partial charge in [-0.3, -0.25) is 9.88 Å². The summed E-state index contributed by atoms with van der Waals surface area (Å²) in [5.74, 6) is 0. The van der Waals surface area contributed by atoms with E-state index in [2.05, 4.69) is 63.4 Å². The van der Waals surface area contributed by atoms with Crippen molar-refractivity contribution < 1.29 is 0 Å². The minimum atomic E-state index is 0.431. The third-order valence-electron chi connectivity index (χ3n) is 2.82. The number of aromatic nitrogens is 1. The van der Waals surface area contributed by atoms with E-state index in [1.165, 1.54) is 4.88 Å². The molecule has 0 aliphatic rings. The summed E-state index contributed by atoms with van der Waals surface area (Å²) in [5.41, 5.74) is 1.10. The molecule has 2 aromatic rings. The number of hydrogen-bond acceptors (Lipinski definition) is 3. The van der Waals surface area contributed by atoms with Crippen molar-refractivity contribution in [2.24, 2.45) is 0 Å². The monoisotopic (exact) mass is 310 g/mol. The van der Waals surface area contributed by atoms with Crippen molar-refractivity contribution in [1.82, 2.24) is 9.88 Å². The van der Waals surface area contributed by atoms with Gasteiger partial charge in [-0.2, -0.15) is 0 Å². The zero-order chi connectivity index (χ0) is 12.3. The van der Waals surface area contributed by atoms with E-state index in [1.54, 1.807) is 11.3 Å². The lowest BCUT2D eigenvalue weighted by atomic mass is 10.2. The van der Waals surface area contributed by atoms with Crippen molar-refractivity contribution in [3.63, 3.8) is 0 Å². The van der Waals surface area contributed by atoms with Gasteiger partial charge in [0.2, 0.25) is 0 Å². The third-order valence-corrected chi connectivity index (χ3v) is 4.33. The van der Waals surface area contributed by atoms with Gasteiger partial charge < -0.3 is 0 Å². The van der Waals surface area contributed by atoms with Crippen molar-refractivity contribution in [3.8, 4) is 0 Å². The second-order valence-electron chi connectivity index (χ2n) is 4.07. The lowest BCUT2D eigenvalue weighted by molar-refractivity contribution is 0.253. The van der Waals surface area contributed by atoms with Crippen LogP contribution in [0.15, 0.2) is 40.3 Å². The van der Waals surface area contributed by atoms with Crippen LogP contribution in [0.2, 0.25) is 0 Å². The Hall–Kier alpha value is -0.710. The van der Waals surface area contributed by atoms with Gasteiger partial charge in [-0.05, 0) is 53.5 Å². The van der Waals surface area contributed by atoms with E-state index in [1.807, 2.05) is 12.3 Å². The van der Waals surface area contributed by atoms with E-state index in [9.17, 15) is 0 Å². The van der Waals surface area contributed by atoms with Crippen LogP contribution in [0, 0.1) is 0 Å². The maximum absolute atomic E-state index is 4.40. The summed E-state index contributed by atoms with van der Waals surface area (Å²) in [6.45, 7) is 3.09. The van der Waals surface area contributed by atoms with Gasteiger partial charge >= 0.3 is 0 Å². The molecular formula is C13H15BrN2S. The minimum Gasteiger partial charge on any atom is -0.293 e. The smallest absolute Gasteiger partial charge is 0.0544 e. The van der Waals surface area contributed by atoms with Crippen LogP contribution in [0.3, 0.4) is 0 Å². The van der Waals surface area contributed by atoms with E-state index in [0.29, 0.717) is 6.04 Å². The molecule has 0 fully saturated rings. The summed E-state index contributed by atoms with van der Waals surface area (Å²) in [7, 11) is 2.13. The van der Waals surface area contributed by atoms with Crippen LogP contribution < -0.4 is 0 Å². The van der Waals surface area contributed by atoms with Crippen LogP contribution in [-0.4, -0.2) is 16.9 Å². The fourth-order valence-corrected chi connectivity index (χ4v) is 2.72. The average molecular weight is 311 g/mol. The predicted molar refractivity (Wildman–Crippen MR) is 76.1 cm³/mol. The molecule has 0 N–H and O–H groups in total. The third kappa shape index (κ3) is 3.37. The SMILES string of the molecule is CC(c1cccs1)N(C)Cc1ccc(Br)cn1. The number of rotatable bonds is 4. The van der Waals surface area contributed by atoms with Crippen LogP contribution in [0.4, 0.5) is 0 Å². The molecule has 2 nitrogen and oxygen atoms in total. The van der Waals surface area contributed by atoms with Crippen LogP contribution in [0.25, 0.3) is 0 Å². The molecule has 0 bridgehead atoms. The van der Waals surface area contributed by atoms with Crippen LogP contribution >= 0.6 is 27.3 Å². The maximum Gasteiger partial charge on any atom is 0.0544 e. The van der Waals surface area contributed by atoms with Gasteiger partial charge in [-0.25, -0.2) is 0 Å². The Kier molecular flexibility index (Phi) is 4.31. The molecule has 17 heavy (non-hydrogen) atoms. The van der Waals surface area contributed by atoms with Crippen LogP contribution in [0.1, 0.15) is 23.5 Å². The first-order valence-corrected chi connectivity index (χ1v) is 7.18. The zero-order valence-corrected chi connectivity index (χ0v) is 12.3. The van der Waals surface area contributed by atoms with Crippen molar-refractivity contribution in [2.75, 3.05) is 7.05 Å². The van der Waals surface area contributed by atoms with Gasteiger partial charge in [0.05, 0.1) is 5.69 Å². The number of pyridine rings is 1. The zero-order valence-electron chi connectivity index (χ0n) is 9.93. The van der Waals surface area contributed by atoms with Crippen LogP contribution in [-0.2, 0) is 6.54 Å². The minimum absolute atomic E-state index is 0.431. The Bertz CT molecular complexity index is 453. The van der Waals surface area contributed by atoms with E-state index >= 15 is 0 Å². The Balaban J connectivity index is 2.01. The molecule has 0 aromatic carbocycles. The average Bonchev–Trinajstić information content (AvgIpc) is 2.84. The summed E-state index contributed by atoms with van der Waals surface area (Å²) in [6, 6.07) is 8.80. The largest absolute Gasteiger partial charge is 0.293 e. The highest BCUT2D eigenvalue weighted by atomic mass is 79.9. The summed E-state index contributed by atoms with van der Waals surface area (Å²) < 4.78 is 1.02. The highest BCUT2D eigenvalue weighted by Crippen LogP contribution is 2.24. The maximum atomic E-state index is 4.40. The molecule has 0 aliphatic heterocycles. The molecule has 1 atom stereocenters. The molecule has 2 heterocycles. The van der Waals surface area contributed by atoms with E-state index < -0.39 is 0 Å². The summed E-state index contributed by atoms with van der Waals surface area (Å²) in [6.07, 6.45) is 1.85. The van der Waals surface area contributed by atoms with Crippen molar-refractivity contribution in [1.29, 1.82) is 0 Å². The molecule has 0 saturated carbocycles. The van der Waals surface area contributed by atoms with Crippen molar-refractivity contribution >= 4 is 27.3 Å². The van der Waals surface area contributed by atoms with Crippen LogP contribution in [0.5, 0.6) is 0 Å².